The average molecular weight is 361 g/mol. The molecule has 0 fully saturated rings. The zero-order valence-corrected chi connectivity index (χ0v) is 14.4. The molecule has 0 radical (unpaired) electrons. The second kappa shape index (κ2) is 7.44. The Morgan fingerprint density at radius 3 is 2.48 bits per heavy atom. The first kappa shape index (κ1) is 17.1. The lowest BCUT2D eigenvalue weighted by Gasteiger charge is -2.13. The molecular formula is C18H17ClN2O4. The van der Waals surface area contributed by atoms with E-state index in [0.717, 1.165) is 11.1 Å². The van der Waals surface area contributed by atoms with Crippen molar-refractivity contribution in [2.75, 3.05) is 13.7 Å². The Hall–Kier alpha value is -2.73. The molecule has 2 aromatic carbocycles. The van der Waals surface area contributed by atoms with Gasteiger partial charge in [-0.05, 0) is 35.4 Å². The zero-order valence-electron chi connectivity index (χ0n) is 13.6. The lowest BCUT2D eigenvalue weighted by atomic mass is 10.1. The summed E-state index contributed by atoms with van der Waals surface area (Å²) in [4.78, 5) is 23.8. The molecule has 0 spiro atoms. The Morgan fingerprint density at radius 1 is 0.960 bits per heavy atom. The SMILES string of the molecule is COc1ccc2cc1Oc1ccc(cc1Cl)CC(=O)NCC(=O)NC2. The molecule has 0 atom stereocenters. The van der Waals surface area contributed by atoms with Gasteiger partial charge in [0.2, 0.25) is 11.8 Å². The van der Waals surface area contributed by atoms with Crippen LogP contribution in [0.5, 0.6) is 17.2 Å². The summed E-state index contributed by atoms with van der Waals surface area (Å²) in [5, 5.41) is 5.73. The maximum Gasteiger partial charge on any atom is 0.239 e. The van der Waals surface area contributed by atoms with Gasteiger partial charge in [0, 0.05) is 6.54 Å². The van der Waals surface area contributed by atoms with Crippen molar-refractivity contribution in [3.05, 3.63) is 52.5 Å². The van der Waals surface area contributed by atoms with E-state index in [0.29, 0.717) is 28.8 Å². The third-order valence-corrected chi connectivity index (χ3v) is 4.04. The van der Waals surface area contributed by atoms with Gasteiger partial charge >= 0.3 is 0 Å². The van der Waals surface area contributed by atoms with E-state index >= 15 is 0 Å². The highest BCUT2D eigenvalue weighted by molar-refractivity contribution is 6.32. The highest BCUT2D eigenvalue weighted by Gasteiger charge is 2.13. The number of carbonyl (C=O) groups is 2. The van der Waals surface area contributed by atoms with Crippen molar-refractivity contribution in [3.8, 4) is 17.2 Å². The van der Waals surface area contributed by atoms with E-state index in [-0.39, 0.29) is 24.8 Å². The predicted octanol–water partition coefficient (Wildman–Crippen LogP) is 2.43. The topological polar surface area (TPSA) is 76.7 Å². The van der Waals surface area contributed by atoms with Gasteiger partial charge in [0.15, 0.2) is 11.5 Å². The highest BCUT2D eigenvalue weighted by atomic mass is 35.5. The third-order valence-electron chi connectivity index (χ3n) is 3.74. The predicted molar refractivity (Wildman–Crippen MR) is 93.1 cm³/mol. The van der Waals surface area contributed by atoms with Gasteiger partial charge in [0.1, 0.15) is 5.75 Å². The fraction of sp³-hybridized carbons (Fsp3) is 0.222. The molecule has 0 unspecified atom stereocenters. The normalized spacial score (nSPS) is 14.6. The quantitative estimate of drug-likeness (QED) is 0.819. The Balaban J connectivity index is 1.99. The van der Waals surface area contributed by atoms with E-state index in [1.807, 2.05) is 6.07 Å². The molecule has 4 bridgehead atoms. The van der Waals surface area contributed by atoms with Crippen molar-refractivity contribution >= 4 is 23.4 Å². The van der Waals surface area contributed by atoms with E-state index in [9.17, 15) is 9.59 Å². The van der Waals surface area contributed by atoms with Gasteiger partial charge in [-0.15, -0.1) is 0 Å². The maximum absolute atomic E-state index is 11.9. The summed E-state index contributed by atoms with van der Waals surface area (Å²) in [6, 6.07) is 10.5. The van der Waals surface area contributed by atoms with Crippen LogP contribution in [0.15, 0.2) is 36.4 Å². The average Bonchev–Trinajstić information content (AvgIpc) is 2.60. The van der Waals surface area contributed by atoms with Crippen molar-refractivity contribution < 1.29 is 19.1 Å². The molecule has 130 valence electrons. The second-order valence-electron chi connectivity index (χ2n) is 5.58. The molecule has 2 heterocycles. The second-order valence-corrected chi connectivity index (χ2v) is 5.99. The molecule has 2 N–H and O–H groups in total. The Labute approximate surface area is 150 Å². The standard InChI is InChI=1S/C18H17ClN2O4/c1-24-15-5-3-12-7-16(15)25-14-4-2-11(6-13(14)19)8-17(22)21-10-18(23)20-9-12/h2-7H,8-10H2,1H3,(H,20,23)(H,21,22). The minimum absolute atomic E-state index is 0.0792. The number of amides is 2. The number of hydrogen-bond donors (Lipinski definition) is 2. The zero-order chi connectivity index (χ0) is 17.8. The molecule has 0 aliphatic carbocycles. The van der Waals surface area contributed by atoms with E-state index in [4.69, 9.17) is 21.1 Å². The lowest BCUT2D eigenvalue weighted by molar-refractivity contribution is -0.125. The van der Waals surface area contributed by atoms with E-state index in [1.54, 1.807) is 37.4 Å². The molecule has 7 heteroatoms. The number of ether oxygens (including phenoxy) is 2. The summed E-state index contributed by atoms with van der Waals surface area (Å²) in [6.07, 6.45) is 0.129. The van der Waals surface area contributed by atoms with Crippen LogP contribution in [0, 0.1) is 0 Å². The van der Waals surface area contributed by atoms with Gasteiger partial charge in [0.25, 0.3) is 0 Å². The molecule has 4 rings (SSSR count). The van der Waals surface area contributed by atoms with Crippen LogP contribution in [0.2, 0.25) is 5.02 Å². The van der Waals surface area contributed by atoms with Crippen LogP contribution in [0.3, 0.4) is 0 Å². The number of halogens is 1. The molecule has 2 aromatic rings. The van der Waals surface area contributed by atoms with Crippen molar-refractivity contribution in [3.63, 3.8) is 0 Å². The molecule has 0 saturated carbocycles. The minimum Gasteiger partial charge on any atom is -0.493 e. The van der Waals surface area contributed by atoms with Crippen LogP contribution in [0.1, 0.15) is 11.1 Å². The van der Waals surface area contributed by atoms with E-state index < -0.39 is 0 Å². The molecule has 0 aromatic heterocycles. The van der Waals surface area contributed by atoms with Crippen molar-refractivity contribution in [1.82, 2.24) is 10.6 Å². The fourth-order valence-corrected chi connectivity index (χ4v) is 2.70. The number of carbonyl (C=O) groups excluding carboxylic acids is 2. The van der Waals surface area contributed by atoms with Gasteiger partial charge in [-0.25, -0.2) is 0 Å². The summed E-state index contributed by atoms with van der Waals surface area (Å²) in [7, 11) is 1.55. The summed E-state index contributed by atoms with van der Waals surface area (Å²) < 4.78 is 11.2. The van der Waals surface area contributed by atoms with Crippen molar-refractivity contribution in [2.45, 2.75) is 13.0 Å². The summed E-state index contributed by atoms with van der Waals surface area (Å²) in [5.74, 6) is 0.982. The van der Waals surface area contributed by atoms with Crippen LogP contribution in [-0.2, 0) is 22.6 Å². The Kier molecular flexibility index (Phi) is 5.09. The third kappa shape index (κ3) is 4.22. The number of methoxy groups -OCH3 is 1. The fourth-order valence-electron chi connectivity index (χ4n) is 2.46. The molecule has 2 amide bonds. The molecule has 0 saturated heterocycles. The first-order valence-electron chi connectivity index (χ1n) is 7.72. The Morgan fingerprint density at radius 2 is 1.72 bits per heavy atom. The number of fused-ring (bicyclic) bond motifs is 8. The number of rotatable bonds is 1. The van der Waals surface area contributed by atoms with Gasteiger partial charge in [-0.2, -0.15) is 0 Å². The van der Waals surface area contributed by atoms with Crippen LogP contribution in [0.25, 0.3) is 0 Å². The van der Waals surface area contributed by atoms with Crippen LogP contribution < -0.4 is 20.1 Å². The Bertz CT molecular complexity index is 823. The molecular weight excluding hydrogens is 344 g/mol. The number of hydrogen-bond acceptors (Lipinski definition) is 4. The molecule has 2 aliphatic rings. The first-order chi connectivity index (χ1) is 12.0. The van der Waals surface area contributed by atoms with Crippen LogP contribution in [-0.4, -0.2) is 25.5 Å². The van der Waals surface area contributed by atoms with Gasteiger partial charge < -0.3 is 20.1 Å². The van der Waals surface area contributed by atoms with Crippen molar-refractivity contribution in [1.29, 1.82) is 0 Å². The van der Waals surface area contributed by atoms with Gasteiger partial charge in [0.05, 0.1) is 25.1 Å². The van der Waals surface area contributed by atoms with Crippen LogP contribution >= 0.6 is 11.6 Å². The van der Waals surface area contributed by atoms with Gasteiger partial charge in [-0.3, -0.25) is 9.59 Å². The van der Waals surface area contributed by atoms with Crippen molar-refractivity contribution in [2.24, 2.45) is 0 Å². The summed E-state index contributed by atoms with van der Waals surface area (Å²) in [5.41, 5.74) is 1.56. The smallest absolute Gasteiger partial charge is 0.239 e. The van der Waals surface area contributed by atoms with E-state index in [1.165, 1.54) is 0 Å². The molecule has 6 nitrogen and oxygen atoms in total. The number of nitrogens with one attached hydrogen (secondary N) is 2. The highest BCUT2D eigenvalue weighted by Crippen LogP contribution is 2.36. The van der Waals surface area contributed by atoms with Crippen LogP contribution in [0.4, 0.5) is 0 Å². The minimum atomic E-state index is -0.269. The van der Waals surface area contributed by atoms with Gasteiger partial charge in [-0.1, -0.05) is 23.7 Å². The lowest BCUT2D eigenvalue weighted by Crippen LogP contribution is -2.37. The summed E-state index contributed by atoms with van der Waals surface area (Å²) in [6.45, 7) is 0.228. The molecule has 2 aliphatic heterocycles. The maximum atomic E-state index is 11.9. The van der Waals surface area contributed by atoms with E-state index in [2.05, 4.69) is 10.6 Å². The first-order valence-corrected chi connectivity index (χ1v) is 8.09. The largest absolute Gasteiger partial charge is 0.493 e. The monoisotopic (exact) mass is 360 g/mol. The summed E-state index contributed by atoms with van der Waals surface area (Å²) >= 11 is 6.28. The number of benzene rings is 2. The molecule has 25 heavy (non-hydrogen) atoms.